The van der Waals surface area contributed by atoms with E-state index in [2.05, 4.69) is 37.1 Å². The van der Waals surface area contributed by atoms with Crippen molar-refractivity contribution in [1.82, 2.24) is 34.9 Å². The first-order valence-electron chi connectivity index (χ1n) is 20.5. The standard InChI is InChI=1S/C42H45N11O5/c1-3-48-24-43-47-37(48)29-9-5-11-32(44-29)52-22-28-27(39(52)56)21-33(51-17-6-7-25(51)2)45-36(28)49-18-14-42(15-19-49)16-20-50(23-42)30-10-4-8-26-35(30)41(58)53(40(26)57)31-12-13-34(54)46-38(31)55/h4-5,8-11,21,24-25,31H,3,6-7,12-20,22-23H2,1-2H3,(H,46,54,55)/t25-,31?/m1/s1. The molecule has 0 saturated carbocycles. The lowest BCUT2D eigenvalue weighted by atomic mass is 9.77. The molecule has 58 heavy (non-hydrogen) atoms. The van der Waals surface area contributed by atoms with Crippen LogP contribution in [-0.2, 0) is 22.7 Å². The predicted molar refractivity (Wildman–Crippen MR) is 214 cm³/mol. The van der Waals surface area contributed by atoms with Crippen molar-refractivity contribution in [3.8, 4) is 11.5 Å². The van der Waals surface area contributed by atoms with Gasteiger partial charge in [0.05, 0.1) is 28.9 Å². The zero-order valence-corrected chi connectivity index (χ0v) is 32.7. The number of carbonyl (C=O) groups is 5. The molecule has 6 aliphatic rings. The highest BCUT2D eigenvalue weighted by Gasteiger charge is 2.48. The van der Waals surface area contributed by atoms with Crippen LogP contribution in [0.5, 0.6) is 0 Å². The monoisotopic (exact) mass is 783 g/mol. The highest BCUT2D eigenvalue weighted by atomic mass is 16.2. The molecule has 6 aliphatic heterocycles. The molecule has 4 aromatic rings. The Morgan fingerprint density at radius 1 is 0.845 bits per heavy atom. The quantitative estimate of drug-likeness (QED) is 0.270. The molecule has 9 heterocycles. The highest BCUT2D eigenvalue weighted by Crippen LogP contribution is 2.46. The largest absolute Gasteiger partial charge is 0.370 e. The van der Waals surface area contributed by atoms with Gasteiger partial charge in [0.25, 0.3) is 17.7 Å². The second-order valence-electron chi connectivity index (χ2n) is 16.5. The number of hydrogen-bond donors (Lipinski definition) is 1. The van der Waals surface area contributed by atoms with Gasteiger partial charge in [-0.15, -0.1) is 10.2 Å². The van der Waals surface area contributed by atoms with Gasteiger partial charge in [0.2, 0.25) is 11.8 Å². The van der Waals surface area contributed by atoms with Gasteiger partial charge in [0, 0.05) is 57.3 Å². The minimum atomic E-state index is -1.01. The summed E-state index contributed by atoms with van der Waals surface area (Å²) in [5, 5.41) is 10.6. The molecule has 2 atom stereocenters. The Hall–Kier alpha value is -6.19. The predicted octanol–water partition coefficient (Wildman–Crippen LogP) is 3.80. The van der Waals surface area contributed by atoms with Crippen LogP contribution in [0.4, 0.5) is 23.1 Å². The number of pyridine rings is 2. The zero-order chi connectivity index (χ0) is 39.9. The summed E-state index contributed by atoms with van der Waals surface area (Å²) in [6.45, 7) is 9.18. The molecule has 16 heteroatoms. The Kier molecular flexibility index (Phi) is 8.56. The van der Waals surface area contributed by atoms with Gasteiger partial charge in [-0.2, -0.15) is 0 Å². The van der Waals surface area contributed by atoms with E-state index in [1.165, 1.54) is 0 Å². The van der Waals surface area contributed by atoms with E-state index in [1.807, 2.05) is 41.8 Å². The van der Waals surface area contributed by atoms with Crippen molar-refractivity contribution in [3.05, 3.63) is 71.0 Å². The SMILES string of the molecule is CCn1cnnc1-c1cccc(N2Cc3c(cc(N4CCC[C@H]4C)nc3N3CCC4(CCN(c5cccc6c5C(=O)N(C5CCC(=O)NC5=O)C6=O)C4)CC3)C2=O)n1. The summed E-state index contributed by atoms with van der Waals surface area (Å²) in [6.07, 6.45) is 6.76. The van der Waals surface area contributed by atoms with Crippen molar-refractivity contribution in [3.63, 3.8) is 0 Å². The molecule has 4 saturated heterocycles. The van der Waals surface area contributed by atoms with Crippen LogP contribution in [0, 0.1) is 5.41 Å². The van der Waals surface area contributed by atoms with Gasteiger partial charge in [0.1, 0.15) is 35.5 Å². The van der Waals surface area contributed by atoms with E-state index in [0.717, 1.165) is 86.9 Å². The Balaban J connectivity index is 0.900. The number of imide groups is 2. The van der Waals surface area contributed by atoms with Crippen molar-refractivity contribution in [2.75, 3.05) is 52.3 Å². The Labute approximate surface area is 335 Å². The van der Waals surface area contributed by atoms with Crippen LogP contribution < -0.4 is 24.9 Å². The van der Waals surface area contributed by atoms with Crippen molar-refractivity contribution in [2.45, 2.75) is 84.0 Å². The van der Waals surface area contributed by atoms with Crippen molar-refractivity contribution in [2.24, 2.45) is 5.41 Å². The van der Waals surface area contributed by atoms with E-state index in [1.54, 1.807) is 23.4 Å². The number of aromatic nitrogens is 5. The van der Waals surface area contributed by atoms with Crippen LogP contribution in [0.1, 0.15) is 95.4 Å². The number of nitrogens with one attached hydrogen (secondary N) is 1. The average molecular weight is 784 g/mol. The first-order valence-corrected chi connectivity index (χ1v) is 20.5. The molecule has 0 radical (unpaired) electrons. The molecule has 10 rings (SSSR count). The number of benzene rings is 1. The minimum Gasteiger partial charge on any atom is -0.370 e. The molecule has 5 amide bonds. The maximum absolute atomic E-state index is 14.3. The van der Waals surface area contributed by atoms with E-state index in [4.69, 9.17) is 9.97 Å². The van der Waals surface area contributed by atoms with Crippen molar-refractivity contribution in [1.29, 1.82) is 0 Å². The van der Waals surface area contributed by atoms with Crippen LogP contribution in [0.2, 0.25) is 0 Å². The Morgan fingerprint density at radius 2 is 1.64 bits per heavy atom. The number of nitrogens with zero attached hydrogens (tertiary/aromatic N) is 10. The molecule has 0 aliphatic carbocycles. The lowest BCUT2D eigenvalue weighted by molar-refractivity contribution is -0.136. The summed E-state index contributed by atoms with van der Waals surface area (Å²) in [7, 11) is 0. The van der Waals surface area contributed by atoms with E-state index in [-0.39, 0.29) is 24.2 Å². The third-order valence-corrected chi connectivity index (χ3v) is 13.3. The van der Waals surface area contributed by atoms with Gasteiger partial charge < -0.3 is 19.3 Å². The van der Waals surface area contributed by atoms with Crippen LogP contribution >= 0.6 is 0 Å². The summed E-state index contributed by atoms with van der Waals surface area (Å²) in [5.41, 5.74) is 3.56. The number of hydrogen-bond acceptors (Lipinski definition) is 12. The third kappa shape index (κ3) is 5.74. The van der Waals surface area contributed by atoms with Crippen LogP contribution in [-0.4, -0.2) is 104 Å². The van der Waals surface area contributed by atoms with Gasteiger partial charge in [-0.3, -0.25) is 39.1 Å². The van der Waals surface area contributed by atoms with Crippen LogP contribution in [0.15, 0.2) is 48.8 Å². The van der Waals surface area contributed by atoms with E-state index in [0.29, 0.717) is 58.8 Å². The maximum Gasteiger partial charge on any atom is 0.264 e. The Morgan fingerprint density at radius 3 is 2.40 bits per heavy atom. The molecular weight excluding hydrogens is 739 g/mol. The summed E-state index contributed by atoms with van der Waals surface area (Å²) >= 11 is 0. The molecule has 298 valence electrons. The number of fused-ring (bicyclic) bond motifs is 2. The summed E-state index contributed by atoms with van der Waals surface area (Å²) in [6, 6.07) is 12.3. The van der Waals surface area contributed by atoms with Gasteiger partial charge >= 0.3 is 0 Å². The van der Waals surface area contributed by atoms with E-state index < -0.39 is 29.7 Å². The molecule has 1 unspecified atom stereocenters. The molecule has 1 spiro atoms. The zero-order valence-electron chi connectivity index (χ0n) is 32.7. The number of carbonyl (C=O) groups excluding carboxylic acids is 5. The number of rotatable bonds is 7. The topological polar surface area (TPSA) is 170 Å². The van der Waals surface area contributed by atoms with E-state index in [9.17, 15) is 24.0 Å². The fraction of sp³-hybridized carbons (Fsp3) is 0.452. The molecule has 4 fully saturated rings. The van der Waals surface area contributed by atoms with Crippen LogP contribution in [0.3, 0.4) is 0 Å². The van der Waals surface area contributed by atoms with Crippen LogP contribution in [0.25, 0.3) is 11.5 Å². The van der Waals surface area contributed by atoms with Gasteiger partial charge in [-0.25, -0.2) is 9.97 Å². The molecule has 1 N–H and O–H groups in total. The van der Waals surface area contributed by atoms with E-state index >= 15 is 0 Å². The highest BCUT2D eigenvalue weighted by molar-refractivity contribution is 6.25. The number of amides is 5. The first kappa shape index (κ1) is 36.2. The molecule has 1 aromatic carbocycles. The number of anilines is 4. The molecule has 0 bridgehead atoms. The van der Waals surface area contributed by atoms with Crippen molar-refractivity contribution < 1.29 is 24.0 Å². The average Bonchev–Trinajstić information content (AvgIpc) is 4.08. The van der Waals surface area contributed by atoms with Gasteiger partial charge in [-0.05, 0) is 88.1 Å². The Bertz CT molecular complexity index is 2400. The minimum absolute atomic E-state index is 0.0102. The fourth-order valence-corrected chi connectivity index (χ4v) is 10.0. The second-order valence-corrected chi connectivity index (χ2v) is 16.5. The van der Waals surface area contributed by atoms with Gasteiger partial charge in [-0.1, -0.05) is 12.1 Å². The molecular formula is C42H45N11O5. The molecule has 16 nitrogen and oxygen atoms in total. The number of piperidine rings is 2. The lowest BCUT2D eigenvalue weighted by Crippen LogP contribution is -2.54. The normalized spacial score (nSPS) is 22.8. The van der Waals surface area contributed by atoms with Gasteiger partial charge in [0.15, 0.2) is 5.82 Å². The smallest absolute Gasteiger partial charge is 0.264 e. The summed E-state index contributed by atoms with van der Waals surface area (Å²) < 4.78 is 1.93. The fourth-order valence-electron chi connectivity index (χ4n) is 10.0. The summed E-state index contributed by atoms with van der Waals surface area (Å²) in [4.78, 5) is 86.2. The maximum atomic E-state index is 14.3. The molecule has 3 aromatic heterocycles. The third-order valence-electron chi connectivity index (χ3n) is 13.3. The lowest BCUT2D eigenvalue weighted by Gasteiger charge is -2.41. The second kappa shape index (κ2) is 13.7. The number of aryl methyl sites for hydroxylation is 1. The first-order chi connectivity index (χ1) is 28.1. The van der Waals surface area contributed by atoms with Crippen molar-refractivity contribution >= 4 is 52.7 Å². The summed E-state index contributed by atoms with van der Waals surface area (Å²) in [5.74, 6) is 0.820.